The van der Waals surface area contributed by atoms with Gasteiger partial charge in [-0.3, -0.25) is 4.79 Å². The third kappa shape index (κ3) is 4.39. The molecule has 0 aliphatic carbocycles. The van der Waals surface area contributed by atoms with Crippen LogP contribution in [0.25, 0.3) is 0 Å². The highest BCUT2D eigenvalue weighted by molar-refractivity contribution is 7.09. The van der Waals surface area contributed by atoms with E-state index in [9.17, 15) is 9.90 Å². The number of aromatic nitrogens is 1. The molecule has 8 heteroatoms. The Morgan fingerprint density at radius 3 is 3.11 bits per heavy atom. The van der Waals surface area contributed by atoms with Gasteiger partial charge in [0.25, 0.3) is 5.91 Å². The highest BCUT2D eigenvalue weighted by Gasteiger charge is 2.25. The first kappa shape index (κ1) is 16.3. The van der Waals surface area contributed by atoms with E-state index in [0.29, 0.717) is 25.4 Å². The molecule has 0 aromatic carbocycles. The number of amides is 1. The van der Waals surface area contributed by atoms with Gasteiger partial charge < -0.3 is 20.5 Å². The molecule has 0 saturated carbocycles. The average molecular weight is 308 g/mol. The molecular formula is C11H18ClN3O3S. The number of thiazole rings is 1. The maximum absolute atomic E-state index is 11.8. The van der Waals surface area contributed by atoms with E-state index in [1.54, 1.807) is 12.5 Å². The molecule has 6 nitrogen and oxygen atoms in total. The summed E-state index contributed by atoms with van der Waals surface area (Å²) in [6.45, 7) is 2.20. The van der Waals surface area contributed by atoms with Crippen LogP contribution >= 0.6 is 23.7 Å². The number of carbonyl (C=O) groups excluding carboxylic acids is 1. The summed E-state index contributed by atoms with van der Waals surface area (Å²) in [5.74, 6) is -0.126. The first-order chi connectivity index (χ1) is 8.70. The Kier molecular flexibility index (Phi) is 6.67. The van der Waals surface area contributed by atoms with Crippen LogP contribution in [0.2, 0.25) is 0 Å². The zero-order valence-electron chi connectivity index (χ0n) is 10.6. The fourth-order valence-corrected chi connectivity index (χ4v) is 2.59. The second kappa shape index (κ2) is 7.76. The van der Waals surface area contributed by atoms with Gasteiger partial charge in [-0.2, -0.15) is 0 Å². The summed E-state index contributed by atoms with van der Waals surface area (Å²) in [6.07, 6.45) is -0.384. The van der Waals surface area contributed by atoms with E-state index in [2.05, 4.69) is 15.6 Å². The van der Waals surface area contributed by atoms with Crippen molar-refractivity contribution in [2.24, 2.45) is 5.92 Å². The quantitative estimate of drug-likeness (QED) is 0.714. The maximum atomic E-state index is 11.8. The Labute approximate surface area is 122 Å². The standard InChI is InChI=1S/C11H17N3O3S.ClH/c1-17-5-10-14-8(6-18-10)11(16)13-3-7-2-12-4-9(7)15;/h6-7,9,12,15H,2-5H2,1H3,(H,13,16);1H. The Bertz CT molecular complexity index is 416. The second-order valence-corrected chi connectivity index (χ2v) is 5.20. The molecule has 3 N–H and O–H groups in total. The predicted octanol–water partition coefficient (Wildman–Crippen LogP) is 0.0214. The summed E-state index contributed by atoms with van der Waals surface area (Å²) < 4.78 is 4.95. The minimum atomic E-state index is -0.384. The Morgan fingerprint density at radius 1 is 1.68 bits per heavy atom. The van der Waals surface area contributed by atoms with E-state index in [0.717, 1.165) is 11.6 Å². The topological polar surface area (TPSA) is 83.5 Å². The van der Waals surface area contributed by atoms with Crippen LogP contribution in [0, 0.1) is 5.92 Å². The summed E-state index contributed by atoms with van der Waals surface area (Å²) >= 11 is 1.40. The molecule has 1 fully saturated rings. The number of halogens is 1. The number of rotatable bonds is 5. The Hall–Kier alpha value is -0.730. The molecule has 1 amide bonds. The van der Waals surface area contributed by atoms with Gasteiger partial charge in [-0.05, 0) is 0 Å². The molecular weight excluding hydrogens is 290 g/mol. The number of carbonyl (C=O) groups is 1. The zero-order chi connectivity index (χ0) is 13.0. The van der Waals surface area contributed by atoms with Crippen LogP contribution in [-0.4, -0.2) is 48.8 Å². The van der Waals surface area contributed by atoms with Crippen LogP contribution in [0.1, 0.15) is 15.5 Å². The molecule has 1 saturated heterocycles. The van der Waals surface area contributed by atoms with Crippen molar-refractivity contribution >= 4 is 29.7 Å². The lowest BCUT2D eigenvalue weighted by molar-refractivity contribution is 0.0922. The molecule has 0 spiro atoms. The van der Waals surface area contributed by atoms with Crippen molar-refractivity contribution in [2.45, 2.75) is 12.7 Å². The van der Waals surface area contributed by atoms with Crippen LogP contribution in [0.5, 0.6) is 0 Å². The minimum Gasteiger partial charge on any atom is -0.391 e. The van der Waals surface area contributed by atoms with Crippen molar-refractivity contribution in [2.75, 3.05) is 26.7 Å². The first-order valence-electron chi connectivity index (χ1n) is 5.81. The third-order valence-electron chi connectivity index (χ3n) is 2.88. The van der Waals surface area contributed by atoms with E-state index in [1.807, 2.05) is 0 Å². The predicted molar refractivity (Wildman–Crippen MR) is 74.8 cm³/mol. The molecule has 2 atom stereocenters. The van der Waals surface area contributed by atoms with Crippen molar-refractivity contribution in [3.8, 4) is 0 Å². The van der Waals surface area contributed by atoms with Gasteiger partial charge in [0.05, 0.1) is 12.7 Å². The summed E-state index contributed by atoms with van der Waals surface area (Å²) in [5.41, 5.74) is 0.410. The molecule has 0 radical (unpaired) electrons. The van der Waals surface area contributed by atoms with Gasteiger partial charge in [-0.1, -0.05) is 0 Å². The molecule has 1 aliphatic heterocycles. The van der Waals surface area contributed by atoms with Crippen molar-refractivity contribution in [3.05, 3.63) is 16.1 Å². The molecule has 19 heavy (non-hydrogen) atoms. The van der Waals surface area contributed by atoms with Crippen LogP contribution in [0.15, 0.2) is 5.38 Å². The number of hydrogen-bond donors (Lipinski definition) is 3. The lowest BCUT2D eigenvalue weighted by Crippen LogP contribution is -2.34. The van der Waals surface area contributed by atoms with E-state index >= 15 is 0 Å². The number of methoxy groups -OCH3 is 1. The normalized spacial score (nSPS) is 22.0. The smallest absolute Gasteiger partial charge is 0.270 e. The Balaban J connectivity index is 0.00000180. The third-order valence-corrected chi connectivity index (χ3v) is 3.70. The van der Waals surface area contributed by atoms with Crippen LogP contribution < -0.4 is 10.6 Å². The van der Waals surface area contributed by atoms with Gasteiger partial charge in [0.2, 0.25) is 0 Å². The fraction of sp³-hybridized carbons (Fsp3) is 0.636. The molecule has 0 bridgehead atoms. The van der Waals surface area contributed by atoms with Gasteiger partial charge >= 0.3 is 0 Å². The van der Waals surface area contributed by atoms with E-state index < -0.39 is 0 Å². The molecule has 1 aromatic heterocycles. The largest absolute Gasteiger partial charge is 0.391 e. The van der Waals surface area contributed by atoms with Crippen molar-refractivity contribution < 1.29 is 14.6 Å². The van der Waals surface area contributed by atoms with E-state index in [4.69, 9.17) is 4.74 Å². The van der Waals surface area contributed by atoms with Gasteiger partial charge in [0.1, 0.15) is 10.7 Å². The van der Waals surface area contributed by atoms with Gasteiger partial charge in [-0.15, -0.1) is 23.7 Å². The lowest BCUT2D eigenvalue weighted by atomic mass is 10.1. The molecule has 2 rings (SSSR count). The van der Waals surface area contributed by atoms with Crippen molar-refractivity contribution in [1.29, 1.82) is 0 Å². The van der Waals surface area contributed by atoms with Gasteiger partial charge in [0.15, 0.2) is 0 Å². The van der Waals surface area contributed by atoms with E-state index in [1.165, 1.54) is 11.3 Å². The summed E-state index contributed by atoms with van der Waals surface area (Å²) in [4.78, 5) is 16.0. The minimum absolute atomic E-state index is 0. The number of hydrogen-bond acceptors (Lipinski definition) is 6. The molecule has 108 valence electrons. The lowest BCUT2D eigenvalue weighted by Gasteiger charge is -2.13. The van der Waals surface area contributed by atoms with Crippen LogP contribution in [-0.2, 0) is 11.3 Å². The molecule has 1 aliphatic rings. The first-order valence-corrected chi connectivity index (χ1v) is 6.69. The highest BCUT2D eigenvalue weighted by atomic mass is 35.5. The molecule has 2 heterocycles. The zero-order valence-corrected chi connectivity index (χ0v) is 12.2. The van der Waals surface area contributed by atoms with Gasteiger partial charge in [-0.25, -0.2) is 4.98 Å². The molecule has 1 aromatic rings. The average Bonchev–Trinajstić information content (AvgIpc) is 2.96. The number of nitrogens with one attached hydrogen (secondary N) is 2. The Morgan fingerprint density at radius 2 is 2.47 bits per heavy atom. The van der Waals surface area contributed by atoms with E-state index in [-0.39, 0.29) is 30.3 Å². The SMILES string of the molecule is COCc1nc(C(=O)NCC2CNCC2O)cs1.Cl. The maximum Gasteiger partial charge on any atom is 0.270 e. The number of β-amino-alcohol motifs (C(OH)–C–C–N with tert-alkyl or cyclic N) is 1. The number of nitrogens with zero attached hydrogens (tertiary/aromatic N) is 1. The molecule has 2 unspecified atom stereocenters. The summed E-state index contributed by atoms with van der Waals surface area (Å²) in [7, 11) is 1.59. The second-order valence-electron chi connectivity index (χ2n) is 4.26. The van der Waals surface area contributed by atoms with Crippen LogP contribution in [0.4, 0.5) is 0 Å². The summed E-state index contributed by atoms with van der Waals surface area (Å²) in [5, 5.41) is 18.0. The van der Waals surface area contributed by atoms with Crippen LogP contribution in [0.3, 0.4) is 0 Å². The fourth-order valence-electron chi connectivity index (χ4n) is 1.85. The van der Waals surface area contributed by atoms with Gasteiger partial charge in [0, 0.05) is 38.0 Å². The van der Waals surface area contributed by atoms with Crippen molar-refractivity contribution in [3.63, 3.8) is 0 Å². The highest BCUT2D eigenvalue weighted by Crippen LogP contribution is 2.11. The number of aliphatic hydroxyl groups is 1. The van der Waals surface area contributed by atoms with Crippen molar-refractivity contribution in [1.82, 2.24) is 15.6 Å². The monoisotopic (exact) mass is 307 g/mol. The summed E-state index contributed by atoms with van der Waals surface area (Å²) in [6, 6.07) is 0. The number of ether oxygens (including phenoxy) is 1. The number of aliphatic hydroxyl groups excluding tert-OH is 1.